The summed E-state index contributed by atoms with van der Waals surface area (Å²) < 4.78 is 10.9. The van der Waals surface area contributed by atoms with Crippen LogP contribution >= 0.6 is 0 Å². The van der Waals surface area contributed by atoms with Gasteiger partial charge in [0.1, 0.15) is 0 Å². The summed E-state index contributed by atoms with van der Waals surface area (Å²) in [6, 6.07) is -0.119. The first kappa shape index (κ1) is 27.3. The molecule has 8 nitrogen and oxygen atoms in total. The van der Waals surface area contributed by atoms with Gasteiger partial charge >= 0.3 is 0 Å². The number of fused-ring (bicyclic) bond motifs is 5. The molecule has 0 aromatic carbocycles. The summed E-state index contributed by atoms with van der Waals surface area (Å²) in [5, 5.41) is 33.3. The van der Waals surface area contributed by atoms with Crippen LogP contribution in [0.1, 0.15) is 72.1 Å². The van der Waals surface area contributed by atoms with E-state index in [-0.39, 0.29) is 47.8 Å². The SMILES string of the molecule is COC(CN(C(=O)C1CC1)C(C)[C@H]1CC[C@@]2(O)C3=CC(=O)[C@@H]4C[C@@H](O)[C@@H](O)C[C@]4(C)C3CC[C@]12C)OC. The Kier molecular flexibility index (Phi) is 6.93. The van der Waals surface area contributed by atoms with Gasteiger partial charge in [0.05, 0.1) is 24.4 Å². The lowest BCUT2D eigenvalue weighted by Gasteiger charge is -2.60. The van der Waals surface area contributed by atoms with Crippen LogP contribution in [0.2, 0.25) is 0 Å². The summed E-state index contributed by atoms with van der Waals surface area (Å²) in [6.07, 6.45) is 4.77. The highest BCUT2D eigenvalue weighted by Gasteiger charge is 2.67. The molecule has 0 saturated heterocycles. The van der Waals surface area contributed by atoms with Gasteiger partial charge in [0.2, 0.25) is 5.91 Å². The molecule has 0 heterocycles. The molecule has 1 amide bonds. The van der Waals surface area contributed by atoms with E-state index in [1.54, 1.807) is 20.3 Å². The van der Waals surface area contributed by atoms with Crippen LogP contribution in [-0.2, 0) is 19.1 Å². The predicted molar refractivity (Wildman–Crippen MR) is 136 cm³/mol. The second-order valence-corrected chi connectivity index (χ2v) is 13.1. The van der Waals surface area contributed by atoms with Crippen molar-refractivity contribution in [2.45, 2.75) is 102 Å². The Morgan fingerprint density at radius 1 is 1.08 bits per heavy atom. The zero-order valence-electron chi connectivity index (χ0n) is 23.0. The highest BCUT2D eigenvalue weighted by Crippen LogP contribution is 2.67. The van der Waals surface area contributed by atoms with Crippen molar-refractivity contribution < 1.29 is 34.4 Å². The fraction of sp³-hybridized carbons (Fsp3) is 0.862. The third-order valence-electron chi connectivity index (χ3n) is 11.3. The molecule has 5 aliphatic carbocycles. The summed E-state index contributed by atoms with van der Waals surface area (Å²) in [6.45, 7) is 6.64. The van der Waals surface area contributed by atoms with Gasteiger partial charge in [0, 0.05) is 37.5 Å². The lowest BCUT2D eigenvalue weighted by molar-refractivity contribution is -0.161. The van der Waals surface area contributed by atoms with Crippen molar-refractivity contribution in [3.8, 4) is 0 Å². The van der Waals surface area contributed by atoms with Crippen LogP contribution in [0.15, 0.2) is 11.6 Å². The van der Waals surface area contributed by atoms with Crippen LogP contribution < -0.4 is 0 Å². The van der Waals surface area contributed by atoms with Crippen molar-refractivity contribution in [1.82, 2.24) is 4.90 Å². The van der Waals surface area contributed by atoms with E-state index < -0.39 is 34.9 Å². The Bertz CT molecular complexity index is 960. The van der Waals surface area contributed by atoms with Crippen molar-refractivity contribution in [3.05, 3.63) is 11.6 Å². The molecule has 0 aromatic heterocycles. The summed E-state index contributed by atoms with van der Waals surface area (Å²) in [5.74, 6) is -0.144. The molecular formula is C29H45NO7. The van der Waals surface area contributed by atoms with Gasteiger partial charge in [-0.3, -0.25) is 9.59 Å². The fourth-order valence-corrected chi connectivity index (χ4v) is 8.83. The van der Waals surface area contributed by atoms with Gasteiger partial charge in [0.25, 0.3) is 0 Å². The first-order valence-corrected chi connectivity index (χ1v) is 14.1. The first-order valence-electron chi connectivity index (χ1n) is 14.1. The number of amides is 1. The van der Waals surface area contributed by atoms with E-state index in [1.807, 2.05) is 4.90 Å². The van der Waals surface area contributed by atoms with Gasteiger partial charge in [-0.15, -0.1) is 0 Å². The van der Waals surface area contributed by atoms with Gasteiger partial charge in [-0.1, -0.05) is 13.8 Å². The van der Waals surface area contributed by atoms with E-state index in [2.05, 4.69) is 20.8 Å². The lowest BCUT2D eigenvalue weighted by atomic mass is 9.46. The van der Waals surface area contributed by atoms with E-state index >= 15 is 0 Å². The maximum absolute atomic E-state index is 13.4. The fourth-order valence-electron chi connectivity index (χ4n) is 8.83. The number of aliphatic hydroxyl groups excluding tert-OH is 2. The summed E-state index contributed by atoms with van der Waals surface area (Å²) in [7, 11) is 3.16. The zero-order valence-corrected chi connectivity index (χ0v) is 23.0. The highest BCUT2D eigenvalue weighted by molar-refractivity contribution is 5.95. The number of hydrogen-bond donors (Lipinski definition) is 3. The Balaban J connectivity index is 1.46. The number of methoxy groups -OCH3 is 2. The minimum atomic E-state index is -1.14. The second kappa shape index (κ2) is 9.40. The number of aliphatic hydroxyl groups is 3. The smallest absolute Gasteiger partial charge is 0.226 e. The molecule has 0 bridgehead atoms. The van der Waals surface area contributed by atoms with Crippen molar-refractivity contribution >= 4 is 11.7 Å². The molecule has 0 aliphatic heterocycles. The normalized spacial score (nSPS) is 44.1. The Morgan fingerprint density at radius 2 is 1.76 bits per heavy atom. The predicted octanol–water partition coefficient (Wildman–Crippen LogP) is 2.44. The molecule has 0 radical (unpaired) electrons. The van der Waals surface area contributed by atoms with E-state index in [0.29, 0.717) is 19.4 Å². The largest absolute Gasteiger partial charge is 0.390 e. The van der Waals surface area contributed by atoms with E-state index in [9.17, 15) is 24.9 Å². The van der Waals surface area contributed by atoms with Gasteiger partial charge in [-0.25, -0.2) is 0 Å². The van der Waals surface area contributed by atoms with Crippen LogP contribution in [0.4, 0.5) is 0 Å². The first-order chi connectivity index (χ1) is 17.4. The monoisotopic (exact) mass is 519 g/mol. The van der Waals surface area contributed by atoms with Gasteiger partial charge in [-0.2, -0.15) is 0 Å². The number of hydrogen-bond acceptors (Lipinski definition) is 7. The standard InChI is InChI=1S/C29H45NO7/c1-16(30(15-25(36-4)37-5)26(34)17-6-7-17)18-9-11-29(35)20-12-22(31)21-13-23(32)24(33)14-27(21,2)19(20)8-10-28(18,29)3/h12,16-19,21,23-25,32-33,35H,6-11,13-15H2,1-5H3/t16?,18-,19?,21+,23-,24+,27-,28-,29-/m1/s1. The number of nitrogens with zero attached hydrogens (tertiary/aromatic N) is 1. The van der Waals surface area contributed by atoms with Crippen LogP contribution in [0.5, 0.6) is 0 Å². The maximum atomic E-state index is 13.4. The summed E-state index contributed by atoms with van der Waals surface area (Å²) >= 11 is 0. The third kappa shape index (κ3) is 4.05. The topological polar surface area (TPSA) is 117 Å². The van der Waals surface area contributed by atoms with Crippen molar-refractivity contribution in [2.75, 3.05) is 20.8 Å². The molecule has 2 unspecified atom stereocenters. The summed E-state index contributed by atoms with van der Waals surface area (Å²) in [5.41, 5.74) is -1.31. The third-order valence-corrected chi connectivity index (χ3v) is 11.3. The molecular weight excluding hydrogens is 474 g/mol. The van der Waals surface area contributed by atoms with Gasteiger partial charge < -0.3 is 29.7 Å². The molecule has 8 heteroatoms. The molecule has 3 N–H and O–H groups in total. The molecule has 4 fully saturated rings. The second-order valence-electron chi connectivity index (χ2n) is 13.1. The Morgan fingerprint density at radius 3 is 2.38 bits per heavy atom. The highest BCUT2D eigenvalue weighted by atomic mass is 16.7. The zero-order chi connectivity index (χ0) is 26.9. The van der Waals surface area contributed by atoms with E-state index in [1.165, 1.54) is 0 Å². The Hall–Kier alpha value is -1.32. The van der Waals surface area contributed by atoms with Crippen molar-refractivity contribution in [3.63, 3.8) is 0 Å². The number of ether oxygens (including phenoxy) is 2. The molecule has 5 rings (SSSR count). The van der Waals surface area contributed by atoms with Crippen LogP contribution in [0, 0.1) is 34.5 Å². The van der Waals surface area contributed by atoms with E-state index in [0.717, 1.165) is 37.7 Å². The van der Waals surface area contributed by atoms with Crippen LogP contribution in [-0.4, -0.2) is 82.8 Å². The molecule has 4 saturated carbocycles. The lowest BCUT2D eigenvalue weighted by Crippen LogP contribution is -2.62. The minimum Gasteiger partial charge on any atom is -0.390 e. The number of carbonyl (C=O) groups excluding carboxylic acids is 2. The van der Waals surface area contributed by atoms with Gasteiger partial charge in [0.15, 0.2) is 12.1 Å². The molecule has 0 aromatic rings. The average Bonchev–Trinajstić information content (AvgIpc) is 3.66. The quantitative estimate of drug-likeness (QED) is 0.443. The number of rotatable bonds is 7. The van der Waals surface area contributed by atoms with Crippen LogP contribution in [0.3, 0.4) is 0 Å². The summed E-state index contributed by atoms with van der Waals surface area (Å²) in [4.78, 5) is 28.7. The van der Waals surface area contributed by atoms with Crippen molar-refractivity contribution in [2.24, 2.45) is 34.5 Å². The molecule has 208 valence electrons. The van der Waals surface area contributed by atoms with Gasteiger partial charge in [-0.05, 0) is 87.2 Å². The maximum Gasteiger partial charge on any atom is 0.226 e. The molecule has 9 atom stereocenters. The molecule has 37 heavy (non-hydrogen) atoms. The number of allylic oxidation sites excluding steroid dienone is 1. The average molecular weight is 520 g/mol. The molecule has 5 aliphatic rings. The van der Waals surface area contributed by atoms with E-state index in [4.69, 9.17) is 9.47 Å². The van der Waals surface area contributed by atoms with Crippen LogP contribution in [0.25, 0.3) is 0 Å². The number of ketones is 1. The Labute approximate surface area is 220 Å². The number of carbonyl (C=O) groups is 2. The molecule has 0 spiro atoms. The van der Waals surface area contributed by atoms with Crippen molar-refractivity contribution in [1.29, 1.82) is 0 Å². The minimum absolute atomic E-state index is 0.0138.